The molecule has 0 radical (unpaired) electrons. The lowest BCUT2D eigenvalue weighted by molar-refractivity contribution is -0.0937. The third-order valence-electron chi connectivity index (χ3n) is 3.68. The van der Waals surface area contributed by atoms with Gasteiger partial charge in [0.05, 0.1) is 6.61 Å². The Labute approximate surface area is 125 Å². The summed E-state index contributed by atoms with van der Waals surface area (Å²) in [5.41, 5.74) is 3.11. The van der Waals surface area contributed by atoms with Crippen LogP contribution in [0.2, 0.25) is 0 Å². The van der Waals surface area contributed by atoms with Gasteiger partial charge in [-0.1, -0.05) is 0 Å². The second-order valence-electron chi connectivity index (χ2n) is 5.25. The fraction of sp³-hybridized carbons (Fsp3) is 0.636. The number of fused-ring (bicyclic) bond motifs is 1. The number of hydrogen-bond acceptors (Lipinski definition) is 9. The molecule has 2 fully saturated rings. The molecular weight excluding hydrogens is 317 g/mol. The fourth-order valence-electron chi connectivity index (χ4n) is 2.57. The summed E-state index contributed by atoms with van der Waals surface area (Å²) >= 11 is 0. The second kappa shape index (κ2) is 5.12. The molecule has 1 aromatic heterocycles. The number of aromatic nitrogens is 2. The molecule has 3 N–H and O–H groups in total. The van der Waals surface area contributed by atoms with Crippen molar-refractivity contribution in [2.45, 2.75) is 31.0 Å². The van der Waals surface area contributed by atoms with Crippen LogP contribution in [0.4, 0.5) is 5.82 Å². The molecule has 5 atom stereocenters. The molecule has 2 aliphatic rings. The van der Waals surface area contributed by atoms with Crippen molar-refractivity contribution in [2.75, 3.05) is 19.5 Å². The van der Waals surface area contributed by atoms with E-state index < -0.39 is 37.5 Å². The normalized spacial score (nSPS) is 41.3. The minimum Gasteiger partial charge on any atom is -0.383 e. The van der Waals surface area contributed by atoms with Gasteiger partial charge in [0.1, 0.15) is 23.6 Å². The van der Waals surface area contributed by atoms with Gasteiger partial charge in [0.2, 0.25) is 0 Å². The summed E-state index contributed by atoms with van der Waals surface area (Å²) in [4.78, 5) is 15.5. The lowest BCUT2D eigenvalue weighted by atomic mass is 9.96. The first-order valence-corrected chi connectivity index (χ1v) is 7.94. The summed E-state index contributed by atoms with van der Waals surface area (Å²) in [5, 5.41) is 10.7. The van der Waals surface area contributed by atoms with Gasteiger partial charge in [-0.3, -0.25) is 18.1 Å². The van der Waals surface area contributed by atoms with Crippen molar-refractivity contribution in [2.24, 2.45) is 0 Å². The van der Waals surface area contributed by atoms with Gasteiger partial charge in [0.25, 0.3) is 0 Å². The van der Waals surface area contributed by atoms with Gasteiger partial charge in [-0.15, -0.1) is 0 Å². The maximum Gasteiger partial charge on any atom is 0.475 e. The topological polar surface area (TPSA) is 135 Å². The first-order valence-electron chi connectivity index (χ1n) is 6.48. The van der Waals surface area contributed by atoms with E-state index in [2.05, 4.69) is 4.98 Å². The minimum absolute atomic E-state index is 0.0553. The Morgan fingerprint density at radius 3 is 3.00 bits per heavy atom. The zero-order valence-electron chi connectivity index (χ0n) is 11.9. The van der Waals surface area contributed by atoms with Crippen molar-refractivity contribution in [3.8, 4) is 0 Å². The Bertz CT molecular complexity index is 691. The van der Waals surface area contributed by atoms with Crippen LogP contribution in [0.1, 0.15) is 13.2 Å². The smallest absolute Gasteiger partial charge is 0.383 e. The molecule has 0 aliphatic carbocycles. The van der Waals surface area contributed by atoms with E-state index in [1.54, 1.807) is 0 Å². The number of nitrogens with zero attached hydrogens (tertiary/aromatic N) is 2. The van der Waals surface area contributed by atoms with Gasteiger partial charge in [-0.2, -0.15) is 4.98 Å². The van der Waals surface area contributed by atoms with Crippen molar-refractivity contribution in [1.82, 2.24) is 9.55 Å². The molecule has 22 heavy (non-hydrogen) atoms. The van der Waals surface area contributed by atoms with Gasteiger partial charge in [0, 0.05) is 13.3 Å². The lowest BCUT2D eigenvalue weighted by Crippen LogP contribution is -2.48. The van der Waals surface area contributed by atoms with Crippen LogP contribution in [0.25, 0.3) is 0 Å². The molecule has 2 saturated heterocycles. The van der Waals surface area contributed by atoms with Gasteiger partial charge in [-0.05, 0) is 13.0 Å². The summed E-state index contributed by atoms with van der Waals surface area (Å²) < 4.78 is 33.7. The molecule has 0 aromatic carbocycles. The molecule has 1 aromatic rings. The van der Waals surface area contributed by atoms with Crippen LogP contribution in [0, 0.1) is 0 Å². The molecule has 11 heteroatoms. The molecule has 122 valence electrons. The van der Waals surface area contributed by atoms with E-state index in [1.807, 2.05) is 0 Å². The summed E-state index contributed by atoms with van der Waals surface area (Å²) in [5.74, 6) is 0.0553. The molecule has 0 spiro atoms. The fourth-order valence-corrected chi connectivity index (χ4v) is 3.78. The number of nitrogen functional groups attached to an aromatic ring is 1. The van der Waals surface area contributed by atoms with Crippen LogP contribution in [0.5, 0.6) is 0 Å². The van der Waals surface area contributed by atoms with Crippen LogP contribution in [0.3, 0.4) is 0 Å². The van der Waals surface area contributed by atoms with Crippen LogP contribution in [-0.4, -0.2) is 46.2 Å². The maximum atomic E-state index is 12.1. The third-order valence-corrected chi connectivity index (χ3v) is 5.08. The zero-order valence-corrected chi connectivity index (χ0v) is 12.8. The molecule has 3 rings (SSSR count). The molecule has 0 amide bonds. The standard InChI is InChI=1S/C11H16N3O7P/c1-11(16)8-6(5-19-22(17,18-2)21-8)20-9(11)14-4-3-7(12)13-10(14)15/h3-4,6,8-9,16H,5H2,1-2H3,(H2,12,13,15)/t6-,8-,9-,11-,22+/m1/s1. The Kier molecular flexibility index (Phi) is 3.63. The number of hydrogen-bond donors (Lipinski definition) is 2. The van der Waals surface area contributed by atoms with Gasteiger partial charge >= 0.3 is 13.5 Å². The number of nitrogens with two attached hydrogens (primary N) is 1. The van der Waals surface area contributed by atoms with Crippen molar-refractivity contribution in [3.63, 3.8) is 0 Å². The van der Waals surface area contributed by atoms with Gasteiger partial charge in [0.15, 0.2) is 6.23 Å². The third kappa shape index (κ3) is 2.37. The van der Waals surface area contributed by atoms with E-state index in [4.69, 9.17) is 24.0 Å². The van der Waals surface area contributed by atoms with E-state index in [1.165, 1.54) is 26.3 Å². The van der Waals surface area contributed by atoms with Gasteiger partial charge in [-0.25, -0.2) is 9.36 Å². The highest BCUT2D eigenvalue weighted by molar-refractivity contribution is 7.48. The SMILES string of the molecule is CO[P@@]1(=O)OC[C@H]2O[C@@H](n3ccc(N)nc3=O)[C@](C)(O)[C@@H]2O1. The number of phosphoric ester groups is 1. The van der Waals surface area contributed by atoms with E-state index in [9.17, 15) is 14.5 Å². The Morgan fingerprint density at radius 1 is 1.64 bits per heavy atom. The van der Waals surface area contributed by atoms with E-state index in [0.717, 1.165) is 4.57 Å². The van der Waals surface area contributed by atoms with Crippen LogP contribution in [-0.2, 0) is 22.9 Å². The van der Waals surface area contributed by atoms with Crippen molar-refractivity contribution < 1.29 is 28.0 Å². The highest BCUT2D eigenvalue weighted by Crippen LogP contribution is 2.57. The molecule has 2 aliphatic heterocycles. The predicted molar refractivity (Wildman–Crippen MR) is 72.9 cm³/mol. The summed E-state index contributed by atoms with van der Waals surface area (Å²) in [6, 6.07) is 1.40. The average molecular weight is 333 g/mol. The molecule has 10 nitrogen and oxygen atoms in total. The Balaban J connectivity index is 1.96. The zero-order chi connectivity index (χ0) is 16.1. The van der Waals surface area contributed by atoms with Crippen LogP contribution in [0.15, 0.2) is 17.1 Å². The van der Waals surface area contributed by atoms with Crippen molar-refractivity contribution in [3.05, 3.63) is 22.7 Å². The van der Waals surface area contributed by atoms with Gasteiger partial charge < -0.3 is 15.6 Å². The summed E-state index contributed by atoms with van der Waals surface area (Å²) in [6.07, 6.45) is -1.42. The summed E-state index contributed by atoms with van der Waals surface area (Å²) in [6.45, 7) is 1.32. The number of phosphoric acid groups is 1. The molecular formula is C11H16N3O7P. The van der Waals surface area contributed by atoms with Crippen molar-refractivity contribution in [1.29, 1.82) is 0 Å². The van der Waals surface area contributed by atoms with E-state index >= 15 is 0 Å². The number of rotatable bonds is 2. The molecule has 3 heterocycles. The van der Waals surface area contributed by atoms with Crippen molar-refractivity contribution >= 4 is 13.6 Å². The summed E-state index contributed by atoms with van der Waals surface area (Å²) in [7, 11) is -2.57. The predicted octanol–water partition coefficient (Wildman–Crippen LogP) is -0.356. The molecule has 0 saturated carbocycles. The van der Waals surface area contributed by atoms with Crippen LogP contribution >= 0.6 is 7.82 Å². The molecule has 0 bridgehead atoms. The van der Waals surface area contributed by atoms with E-state index in [0.29, 0.717) is 0 Å². The largest absolute Gasteiger partial charge is 0.475 e. The second-order valence-corrected chi connectivity index (χ2v) is 6.98. The first-order chi connectivity index (χ1) is 10.3. The lowest BCUT2D eigenvalue weighted by Gasteiger charge is -2.34. The highest BCUT2D eigenvalue weighted by Gasteiger charge is 2.60. The maximum absolute atomic E-state index is 12.1. The number of anilines is 1. The quantitative estimate of drug-likeness (QED) is 0.696. The molecule has 0 unspecified atom stereocenters. The number of ether oxygens (including phenoxy) is 1. The average Bonchev–Trinajstić information content (AvgIpc) is 2.71. The van der Waals surface area contributed by atoms with E-state index in [-0.39, 0.29) is 12.4 Å². The highest BCUT2D eigenvalue weighted by atomic mass is 31.2. The minimum atomic E-state index is -3.75. The Morgan fingerprint density at radius 2 is 2.36 bits per heavy atom. The number of aliphatic hydroxyl groups is 1. The van der Waals surface area contributed by atoms with Crippen LogP contribution < -0.4 is 11.4 Å². The first kappa shape index (κ1) is 15.6. The monoisotopic (exact) mass is 333 g/mol. The Hall–Kier alpha value is -1.29.